The zero-order valence-corrected chi connectivity index (χ0v) is 30.3. The van der Waals surface area contributed by atoms with E-state index in [1.54, 1.807) is 5.56 Å². The van der Waals surface area contributed by atoms with Gasteiger partial charge >= 0.3 is 0 Å². The molecule has 0 N–H and O–H groups in total. The van der Waals surface area contributed by atoms with E-state index in [0.29, 0.717) is 0 Å². The van der Waals surface area contributed by atoms with Crippen LogP contribution in [0.4, 0.5) is 0 Å². The quantitative estimate of drug-likeness (QED) is 0.277. The Morgan fingerprint density at radius 2 is 1.14 bits per heavy atom. The van der Waals surface area contributed by atoms with Gasteiger partial charge in [0.05, 0.1) is 0 Å². The maximum Gasteiger partial charge on any atom is 0.0248 e. The fraction of sp³-hybridized carbons (Fsp3) is 0.385. The lowest BCUT2D eigenvalue weighted by Gasteiger charge is -2.35. The standard InChI is InChI=1S/C39H39Br3/c1-7-37(8-2)17-15-30(42)25-21-27-31(34(25)37)26-20-24-29(41)16-18-38(9-3,10-4)35(24)33(26)32-23-14-13-22(40)19-28(23)39(11-5,12-6)36(27)32/h13-21H,7-12H2,1-6H3. The van der Waals surface area contributed by atoms with Gasteiger partial charge in [0.1, 0.15) is 0 Å². The number of hydrogen-bond donors (Lipinski definition) is 0. The van der Waals surface area contributed by atoms with Crippen LogP contribution in [-0.2, 0) is 5.41 Å². The summed E-state index contributed by atoms with van der Waals surface area (Å²) in [5, 5.41) is 5.92. The first kappa shape index (κ1) is 29.1. The summed E-state index contributed by atoms with van der Waals surface area (Å²) in [7, 11) is 0. The van der Waals surface area contributed by atoms with Crippen LogP contribution in [0.5, 0.6) is 0 Å². The highest BCUT2D eigenvalue weighted by atomic mass is 79.9. The smallest absolute Gasteiger partial charge is 0.0248 e. The molecule has 216 valence electrons. The highest BCUT2D eigenvalue weighted by Gasteiger charge is 2.47. The number of hydrogen-bond acceptors (Lipinski definition) is 0. The van der Waals surface area contributed by atoms with Gasteiger partial charge in [0.2, 0.25) is 0 Å². The number of rotatable bonds is 6. The first-order valence-corrected chi connectivity index (χ1v) is 18.3. The average molecular weight is 747 g/mol. The number of fused-ring (bicyclic) bond motifs is 10. The zero-order valence-electron chi connectivity index (χ0n) is 25.6. The van der Waals surface area contributed by atoms with Gasteiger partial charge in [0, 0.05) is 29.7 Å². The van der Waals surface area contributed by atoms with Crippen LogP contribution in [0.1, 0.15) is 91.2 Å². The number of allylic oxidation sites excluding steroid dienone is 8. The van der Waals surface area contributed by atoms with Gasteiger partial charge in [-0.3, -0.25) is 0 Å². The van der Waals surface area contributed by atoms with Crippen LogP contribution in [0.25, 0.3) is 34.4 Å². The van der Waals surface area contributed by atoms with Gasteiger partial charge in [-0.05, 0) is 128 Å². The molecule has 0 bridgehead atoms. The highest BCUT2D eigenvalue weighted by Crippen LogP contribution is 2.54. The summed E-state index contributed by atoms with van der Waals surface area (Å²) in [4.78, 5) is 0. The molecular formula is C39H39Br3. The van der Waals surface area contributed by atoms with Crippen molar-refractivity contribution in [2.45, 2.75) is 85.5 Å². The Balaban J connectivity index is 1.86. The SMILES string of the molecule is CCC1(CC)C=CC(Br)=C2C=c3c(c4c(c5c3=C3C(=C(Br)C=CC3(CC)CC)C=5)C(CC)(CC)c3cc(Br)ccc3-4)=C21. The minimum atomic E-state index is -0.0322. The fourth-order valence-corrected chi connectivity index (χ4v) is 10.5. The highest BCUT2D eigenvalue weighted by molar-refractivity contribution is 9.12. The van der Waals surface area contributed by atoms with Crippen molar-refractivity contribution in [2.24, 2.45) is 10.8 Å². The molecule has 0 fully saturated rings. The molecule has 3 heteroatoms. The van der Waals surface area contributed by atoms with Crippen molar-refractivity contribution in [2.75, 3.05) is 0 Å². The van der Waals surface area contributed by atoms with Crippen molar-refractivity contribution in [3.63, 3.8) is 0 Å². The lowest BCUT2D eigenvalue weighted by Crippen LogP contribution is -2.53. The van der Waals surface area contributed by atoms with Gasteiger partial charge in [-0.1, -0.05) is 120 Å². The first-order chi connectivity index (χ1) is 20.2. The summed E-state index contributed by atoms with van der Waals surface area (Å²) < 4.78 is 3.60. The van der Waals surface area contributed by atoms with Gasteiger partial charge in [0.25, 0.3) is 0 Å². The second-order valence-electron chi connectivity index (χ2n) is 12.8. The van der Waals surface area contributed by atoms with E-state index < -0.39 is 0 Å². The number of halogens is 3. The molecule has 5 aliphatic carbocycles. The third kappa shape index (κ3) is 3.40. The molecule has 0 saturated heterocycles. The topological polar surface area (TPSA) is 0 Å². The Bertz CT molecular complexity index is 1960. The van der Waals surface area contributed by atoms with Gasteiger partial charge in [-0.15, -0.1) is 0 Å². The van der Waals surface area contributed by atoms with E-state index in [1.165, 1.54) is 73.3 Å². The third-order valence-corrected chi connectivity index (χ3v) is 13.7. The van der Waals surface area contributed by atoms with Crippen molar-refractivity contribution >= 4 is 71.1 Å². The van der Waals surface area contributed by atoms with Crippen LogP contribution in [0.3, 0.4) is 0 Å². The Hall–Kier alpha value is -1.68. The van der Waals surface area contributed by atoms with E-state index in [4.69, 9.17) is 0 Å². The minimum Gasteiger partial charge on any atom is -0.0728 e. The maximum absolute atomic E-state index is 4.04. The van der Waals surface area contributed by atoms with Gasteiger partial charge < -0.3 is 0 Å². The van der Waals surface area contributed by atoms with Gasteiger partial charge in [-0.2, -0.15) is 0 Å². The molecule has 0 nitrogen and oxygen atoms in total. The van der Waals surface area contributed by atoms with Crippen molar-refractivity contribution in [1.82, 2.24) is 0 Å². The maximum atomic E-state index is 4.04. The summed E-state index contributed by atoms with van der Waals surface area (Å²) in [6.07, 6.45) is 21.3. The molecule has 7 rings (SSSR count). The first-order valence-electron chi connectivity index (χ1n) is 15.9. The zero-order chi connectivity index (χ0) is 29.8. The molecule has 0 atom stereocenters. The summed E-state index contributed by atoms with van der Waals surface area (Å²) >= 11 is 11.9. The van der Waals surface area contributed by atoms with Crippen LogP contribution in [0.15, 0.2) is 67.1 Å². The molecule has 0 unspecified atom stereocenters. The predicted molar refractivity (Wildman–Crippen MR) is 191 cm³/mol. The second kappa shape index (κ2) is 9.91. The van der Waals surface area contributed by atoms with Crippen LogP contribution in [0.2, 0.25) is 0 Å². The van der Waals surface area contributed by atoms with Gasteiger partial charge in [-0.25, -0.2) is 0 Å². The predicted octanol–water partition coefficient (Wildman–Crippen LogP) is 9.48. The summed E-state index contributed by atoms with van der Waals surface area (Å²) in [6, 6.07) is 7.09. The molecular weight excluding hydrogens is 708 g/mol. The molecule has 0 spiro atoms. The monoisotopic (exact) mass is 744 g/mol. The molecule has 0 aromatic heterocycles. The molecule has 2 aromatic rings. The van der Waals surface area contributed by atoms with Crippen molar-refractivity contribution in [1.29, 1.82) is 0 Å². The van der Waals surface area contributed by atoms with E-state index in [1.807, 2.05) is 0 Å². The van der Waals surface area contributed by atoms with Crippen LogP contribution in [0, 0.1) is 10.8 Å². The normalized spacial score (nSPS) is 21.1. The van der Waals surface area contributed by atoms with E-state index in [0.717, 1.165) is 38.5 Å². The Kier molecular flexibility index (Phi) is 6.86. The van der Waals surface area contributed by atoms with Gasteiger partial charge in [0.15, 0.2) is 0 Å². The molecule has 2 aromatic carbocycles. The molecule has 0 amide bonds. The average Bonchev–Trinajstić information content (AvgIpc) is 3.68. The molecule has 0 radical (unpaired) electrons. The molecule has 0 aliphatic heterocycles. The van der Waals surface area contributed by atoms with E-state index >= 15 is 0 Å². The van der Waals surface area contributed by atoms with Crippen molar-refractivity contribution in [3.8, 4) is 11.1 Å². The van der Waals surface area contributed by atoms with E-state index in [-0.39, 0.29) is 16.2 Å². The lowest BCUT2D eigenvalue weighted by molar-refractivity contribution is 0.469. The Morgan fingerprint density at radius 3 is 1.67 bits per heavy atom. The van der Waals surface area contributed by atoms with E-state index in [9.17, 15) is 0 Å². The summed E-state index contributed by atoms with van der Waals surface area (Å²) in [5.74, 6) is 0. The number of benzene rings is 2. The molecule has 42 heavy (non-hydrogen) atoms. The fourth-order valence-electron chi connectivity index (χ4n) is 9.23. The van der Waals surface area contributed by atoms with E-state index in [2.05, 4.69) is 144 Å². The molecule has 5 aliphatic rings. The molecule has 0 heterocycles. The molecule has 0 saturated carbocycles. The van der Waals surface area contributed by atoms with Crippen LogP contribution >= 0.6 is 47.8 Å². The van der Waals surface area contributed by atoms with Crippen LogP contribution in [-0.4, -0.2) is 0 Å². The van der Waals surface area contributed by atoms with Crippen molar-refractivity contribution < 1.29 is 0 Å². The second-order valence-corrected chi connectivity index (χ2v) is 15.4. The summed E-state index contributed by atoms with van der Waals surface area (Å²) in [6.45, 7) is 14.3. The Labute approximate surface area is 275 Å². The largest absolute Gasteiger partial charge is 0.0728 e. The third-order valence-electron chi connectivity index (χ3n) is 11.8. The summed E-state index contributed by atoms with van der Waals surface area (Å²) in [5.41, 5.74) is 11.8. The minimum absolute atomic E-state index is 0.0148. The lowest BCUT2D eigenvalue weighted by atomic mass is 9.69. The van der Waals surface area contributed by atoms with Crippen LogP contribution < -0.4 is 20.9 Å². The van der Waals surface area contributed by atoms with Crippen molar-refractivity contribution in [3.05, 3.63) is 99.1 Å². The Morgan fingerprint density at radius 1 is 0.619 bits per heavy atom.